The summed E-state index contributed by atoms with van der Waals surface area (Å²) in [6.07, 6.45) is 10.6. The molecule has 1 N–H and O–H groups in total. The van der Waals surface area contributed by atoms with Crippen molar-refractivity contribution in [3.8, 4) is 17.2 Å². The molecule has 2 aromatic carbocycles. The highest BCUT2D eigenvalue weighted by Crippen LogP contribution is 2.23. The van der Waals surface area contributed by atoms with Crippen LogP contribution in [0.2, 0.25) is 0 Å². The second kappa shape index (κ2) is 12.0. The van der Waals surface area contributed by atoms with E-state index in [0.29, 0.717) is 11.3 Å². The molecule has 2 rings (SSSR count). The van der Waals surface area contributed by atoms with Crippen LogP contribution < -0.4 is 9.47 Å². The van der Waals surface area contributed by atoms with Crippen molar-refractivity contribution in [2.45, 2.75) is 51.9 Å². The van der Waals surface area contributed by atoms with Gasteiger partial charge in [-0.1, -0.05) is 45.4 Å². The molecule has 0 aliphatic rings. The summed E-state index contributed by atoms with van der Waals surface area (Å²) in [5.41, 5.74) is 1.43. The zero-order chi connectivity index (χ0) is 19.3. The molecular formula is C23H31NO3. The quantitative estimate of drug-likeness (QED) is 0.354. The SMILES string of the molecule is CCCCCCCCCOc1ccc(N=Cc2cc(OC)ccc2O)cc1. The van der Waals surface area contributed by atoms with E-state index in [1.165, 1.54) is 38.5 Å². The molecule has 0 unspecified atom stereocenters. The standard InChI is InChI=1S/C23H31NO3/c1-3-4-5-6-7-8-9-16-27-21-12-10-20(11-13-21)24-18-19-17-22(26-2)14-15-23(19)25/h10-15,17-18,25H,3-9,16H2,1-2H3. The molecule has 0 bridgehead atoms. The van der Waals surface area contributed by atoms with E-state index in [0.717, 1.165) is 24.5 Å². The molecule has 0 heterocycles. The molecular weight excluding hydrogens is 338 g/mol. The van der Waals surface area contributed by atoms with Gasteiger partial charge in [0, 0.05) is 11.8 Å². The van der Waals surface area contributed by atoms with Gasteiger partial charge in [0.15, 0.2) is 0 Å². The molecule has 0 radical (unpaired) electrons. The van der Waals surface area contributed by atoms with Crippen molar-refractivity contribution in [2.75, 3.05) is 13.7 Å². The summed E-state index contributed by atoms with van der Waals surface area (Å²) in [5.74, 6) is 1.72. The van der Waals surface area contributed by atoms with Crippen LogP contribution in [0.4, 0.5) is 5.69 Å². The van der Waals surface area contributed by atoms with Gasteiger partial charge in [0.1, 0.15) is 17.2 Å². The van der Waals surface area contributed by atoms with Gasteiger partial charge in [-0.3, -0.25) is 4.99 Å². The smallest absolute Gasteiger partial charge is 0.124 e. The Morgan fingerprint density at radius 1 is 0.889 bits per heavy atom. The maximum Gasteiger partial charge on any atom is 0.124 e. The van der Waals surface area contributed by atoms with Gasteiger partial charge in [0.05, 0.1) is 19.4 Å². The summed E-state index contributed by atoms with van der Waals surface area (Å²) in [6, 6.07) is 12.7. The molecule has 0 aromatic heterocycles. The highest BCUT2D eigenvalue weighted by molar-refractivity contribution is 5.85. The number of aromatic hydroxyl groups is 1. The number of ether oxygens (including phenoxy) is 2. The Hall–Kier alpha value is -2.49. The normalized spacial score (nSPS) is 11.0. The lowest BCUT2D eigenvalue weighted by molar-refractivity contribution is 0.304. The third-order valence-electron chi connectivity index (χ3n) is 4.44. The monoisotopic (exact) mass is 369 g/mol. The van der Waals surface area contributed by atoms with E-state index in [4.69, 9.17) is 9.47 Å². The summed E-state index contributed by atoms with van der Waals surface area (Å²) < 4.78 is 11.0. The molecule has 146 valence electrons. The second-order valence-corrected chi connectivity index (χ2v) is 6.65. The van der Waals surface area contributed by atoms with Crippen LogP contribution in [0.3, 0.4) is 0 Å². The largest absolute Gasteiger partial charge is 0.507 e. The van der Waals surface area contributed by atoms with Crippen LogP contribution in [0.25, 0.3) is 0 Å². The van der Waals surface area contributed by atoms with Gasteiger partial charge in [0.2, 0.25) is 0 Å². The van der Waals surface area contributed by atoms with Crippen molar-refractivity contribution in [3.05, 3.63) is 48.0 Å². The third kappa shape index (κ3) is 7.73. The fourth-order valence-corrected chi connectivity index (χ4v) is 2.78. The summed E-state index contributed by atoms with van der Waals surface area (Å²) >= 11 is 0. The molecule has 0 atom stereocenters. The molecule has 0 aliphatic carbocycles. The number of methoxy groups -OCH3 is 1. The lowest BCUT2D eigenvalue weighted by Crippen LogP contribution is -1.96. The molecule has 0 spiro atoms. The first-order valence-corrected chi connectivity index (χ1v) is 9.87. The summed E-state index contributed by atoms with van der Waals surface area (Å²) in [5, 5.41) is 9.89. The van der Waals surface area contributed by atoms with Crippen LogP contribution in [0.1, 0.15) is 57.4 Å². The molecule has 27 heavy (non-hydrogen) atoms. The van der Waals surface area contributed by atoms with Gasteiger partial charge in [-0.2, -0.15) is 0 Å². The Kier molecular flexibility index (Phi) is 9.25. The van der Waals surface area contributed by atoms with E-state index < -0.39 is 0 Å². The number of benzene rings is 2. The van der Waals surface area contributed by atoms with E-state index in [2.05, 4.69) is 11.9 Å². The first-order valence-electron chi connectivity index (χ1n) is 9.87. The number of phenolic OH excluding ortho intramolecular Hbond substituents is 1. The summed E-state index contributed by atoms with van der Waals surface area (Å²) in [6.45, 7) is 3.00. The number of rotatable bonds is 12. The maximum atomic E-state index is 9.89. The minimum absolute atomic E-state index is 0.175. The van der Waals surface area contributed by atoms with E-state index >= 15 is 0 Å². The van der Waals surface area contributed by atoms with E-state index in [-0.39, 0.29) is 5.75 Å². The minimum Gasteiger partial charge on any atom is -0.507 e. The summed E-state index contributed by atoms with van der Waals surface area (Å²) in [7, 11) is 1.60. The Labute approximate surface area is 162 Å². The molecule has 2 aromatic rings. The van der Waals surface area contributed by atoms with Gasteiger partial charge < -0.3 is 14.6 Å². The number of nitrogens with zero attached hydrogens (tertiary/aromatic N) is 1. The van der Waals surface area contributed by atoms with Crippen LogP contribution in [-0.2, 0) is 0 Å². The zero-order valence-corrected chi connectivity index (χ0v) is 16.5. The fourth-order valence-electron chi connectivity index (χ4n) is 2.78. The number of hydrogen-bond donors (Lipinski definition) is 1. The first kappa shape index (κ1) is 20.8. The van der Waals surface area contributed by atoms with Crippen molar-refractivity contribution in [1.29, 1.82) is 0 Å². The Morgan fingerprint density at radius 3 is 2.26 bits per heavy atom. The van der Waals surface area contributed by atoms with Crippen LogP contribution in [-0.4, -0.2) is 25.0 Å². The van der Waals surface area contributed by atoms with Gasteiger partial charge in [-0.05, 0) is 48.9 Å². The number of unbranched alkanes of at least 4 members (excludes halogenated alkanes) is 6. The van der Waals surface area contributed by atoms with Crippen molar-refractivity contribution in [3.63, 3.8) is 0 Å². The van der Waals surface area contributed by atoms with Gasteiger partial charge >= 0.3 is 0 Å². The van der Waals surface area contributed by atoms with Crippen molar-refractivity contribution < 1.29 is 14.6 Å². The maximum absolute atomic E-state index is 9.89. The molecule has 0 fully saturated rings. The predicted octanol–water partition coefficient (Wildman–Crippen LogP) is 6.28. The lowest BCUT2D eigenvalue weighted by Gasteiger charge is -2.06. The van der Waals surface area contributed by atoms with E-state index in [1.807, 2.05) is 24.3 Å². The van der Waals surface area contributed by atoms with Crippen LogP contribution in [0.15, 0.2) is 47.5 Å². The van der Waals surface area contributed by atoms with E-state index in [9.17, 15) is 5.11 Å². The molecule has 4 nitrogen and oxygen atoms in total. The minimum atomic E-state index is 0.175. The predicted molar refractivity (Wildman–Crippen MR) is 112 cm³/mol. The highest BCUT2D eigenvalue weighted by Gasteiger charge is 2.01. The average Bonchev–Trinajstić information content (AvgIpc) is 2.70. The fraction of sp³-hybridized carbons (Fsp3) is 0.435. The van der Waals surface area contributed by atoms with E-state index in [1.54, 1.807) is 31.5 Å². The molecule has 0 aliphatic heterocycles. The Morgan fingerprint density at radius 2 is 1.56 bits per heavy atom. The van der Waals surface area contributed by atoms with Crippen LogP contribution in [0, 0.1) is 0 Å². The topological polar surface area (TPSA) is 51.0 Å². The second-order valence-electron chi connectivity index (χ2n) is 6.65. The third-order valence-corrected chi connectivity index (χ3v) is 4.44. The Balaban J connectivity index is 1.75. The van der Waals surface area contributed by atoms with Gasteiger partial charge in [-0.15, -0.1) is 0 Å². The van der Waals surface area contributed by atoms with Crippen LogP contribution >= 0.6 is 0 Å². The van der Waals surface area contributed by atoms with Crippen LogP contribution in [0.5, 0.6) is 17.2 Å². The van der Waals surface area contributed by atoms with Gasteiger partial charge in [0.25, 0.3) is 0 Å². The molecule has 4 heteroatoms. The first-order chi connectivity index (χ1) is 13.2. The molecule has 0 saturated carbocycles. The van der Waals surface area contributed by atoms with Crippen molar-refractivity contribution >= 4 is 11.9 Å². The van der Waals surface area contributed by atoms with Crippen molar-refractivity contribution in [2.24, 2.45) is 4.99 Å². The molecule has 0 amide bonds. The number of hydrogen-bond acceptors (Lipinski definition) is 4. The highest BCUT2D eigenvalue weighted by atomic mass is 16.5. The zero-order valence-electron chi connectivity index (χ0n) is 16.5. The number of phenols is 1. The average molecular weight is 370 g/mol. The Bertz CT molecular complexity index is 695. The van der Waals surface area contributed by atoms with Gasteiger partial charge in [-0.25, -0.2) is 0 Å². The lowest BCUT2D eigenvalue weighted by atomic mass is 10.1. The molecule has 0 saturated heterocycles. The van der Waals surface area contributed by atoms with Crippen molar-refractivity contribution in [1.82, 2.24) is 0 Å². The summed E-state index contributed by atoms with van der Waals surface area (Å²) in [4.78, 5) is 4.40. The number of aliphatic imine (C=N–C) groups is 1.